The molecule has 6 heteroatoms. The average molecular weight is 610 g/mol. The molecule has 36 heavy (non-hydrogen) atoms. The number of hydrogen-bond donors (Lipinski definition) is 1. The summed E-state index contributed by atoms with van der Waals surface area (Å²) in [4.78, 5) is 9.32. The van der Waals surface area contributed by atoms with Gasteiger partial charge < -0.3 is 9.84 Å². The number of unbranched alkanes of at least 4 members (excludes halogenated alkanes) is 3. The van der Waals surface area contributed by atoms with E-state index in [4.69, 9.17) is 4.74 Å². The summed E-state index contributed by atoms with van der Waals surface area (Å²) in [6.07, 6.45) is 8.58. The second-order valence-electron chi connectivity index (χ2n) is 8.83. The van der Waals surface area contributed by atoms with E-state index < -0.39 is 0 Å². The van der Waals surface area contributed by atoms with Crippen LogP contribution in [0.25, 0.3) is 33.6 Å². The third-order valence-electron chi connectivity index (χ3n) is 5.96. The molecular weight excluding hydrogens is 580 g/mol. The summed E-state index contributed by atoms with van der Waals surface area (Å²) < 4.78 is 7.85. The maximum absolute atomic E-state index is 9.48. The summed E-state index contributed by atoms with van der Waals surface area (Å²) in [6, 6.07) is 20.4. The van der Waals surface area contributed by atoms with Gasteiger partial charge in [0.1, 0.15) is 0 Å². The van der Waals surface area contributed by atoms with Crippen LogP contribution in [0.2, 0.25) is 0 Å². The molecule has 4 nitrogen and oxygen atoms in total. The molecule has 0 spiro atoms. The van der Waals surface area contributed by atoms with Crippen LogP contribution in [0.15, 0.2) is 82.0 Å². The van der Waals surface area contributed by atoms with Crippen LogP contribution in [0.4, 0.5) is 0 Å². The van der Waals surface area contributed by atoms with Crippen LogP contribution in [0.3, 0.4) is 0 Å². The number of hydrogen-bond acceptors (Lipinski definition) is 4. The van der Waals surface area contributed by atoms with Gasteiger partial charge in [-0.25, -0.2) is 0 Å². The van der Waals surface area contributed by atoms with E-state index in [1.54, 1.807) is 0 Å². The van der Waals surface area contributed by atoms with Gasteiger partial charge in [-0.1, -0.05) is 70.2 Å². The number of aromatic nitrogens is 2. The minimum Gasteiger partial charge on any atom is -0.392 e. The Morgan fingerprint density at radius 1 is 0.694 bits per heavy atom. The molecule has 0 atom stereocenters. The molecule has 2 aromatic carbocycles. The lowest BCUT2D eigenvalue weighted by Crippen LogP contribution is -1.96. The molecule has 4 aromatic rings. The monoisotopic (exact) mass is 608 g/mol. The SMILES string of the molecule is CCCCCCOCc1cc(Br)cc(-c2ccc(-c3ccc(-c4cc(Br)cc(CO)c4)cn3)nc2)c1. The van der Waals surface area contributed by atoms with E-state index >= 15 is 0 Å². The number of rotatable bonds is 11. The zero-order chi connectivity index (χ0) is 25.3. The molecule has 4 rings (SSSR count). The zero-order valence-corrected chi connectivity index (χ0v) is 23.6. The van der Waals surface area contributed by atoms with Crippen molar-refractivity contribution in [1.82, 2.24) is 9.97 Å². The first kappa shape index (κ1) is 26.7. The fraction of sp³-hybridized carbons (Fsp3) is 0.267. The Labute approximate surface area is 230 Å². The minimum absolute atomic E-state index is 0.000227. The van der Waals surface area contributed by atoms with Gasteiger partial charge in [-0.3, -0.25) is 9.97 Å². The van der Waals surface area contributed by atoms with Gasteiger partial charge in [0, 0.05) is 39.1 Å². The van der Waals surface area contributed by atoms with Crippen molar-refractivity contribution in [3.63, 3.8) is 0 Å². The first-order valence-corrected chi connectivity index (χ1v) is 13.8. The van der Waals surface area contributed by atoms with Crippen molar-refractivity contribution < 1.29 is 9.84 Å². The topological polar surface area (TPSA) is 55.2 Å². The lowest BCUT2D eigenvalue weighted by Gasteiger charge is -2.09. The second kappa shape index (κ2) is 13.2. The molecule has 0 unspecified atom stereocenters. The summed E-state index contributed by atoms with van der Waals surface area (Å²) in [5.74, 6) is 0. The van der Waals surface area contributed by atoms with Gasteiger partial charge in [-0.15, -0.1) is 0 Å². The lowest BCUT2D eigenvalue weighted by atomic mass is 10.0. The smallest absolute Gasteiger partial charge is 0.0886 e. The predicted molar refractivity (Wildman–Crippen MR) is 153 cm³/mol. The first-order chi connectivity index (χ1) is 17.6. The summed E-state index contributed by atoms with van der Waals surface area (Å²) >= 11 is 7.15. The van der Waals surface area contributed by atoms with Crippen LogP contribution < -0.4 is 0 Å². The predicted octanol–water partition coefficient (Wildman–Crippen LogP) is 8.59. The fourth-order valence-electron chi connectivity index (χ4n) is 4.06. The van der Waals surface area contributed by atoms with Crippen LogP contribution in [-0.2, 0) is 18.0 Å². The second-order valence-corrected chi connectivity index (χ2v) is 10.7. The van der Waals surface area contributed by atoms with Crippen molar-refractivity contribution in [2.45, 2.75) is 45.8 Å². The molecule has 0 radical (unpaired) electrons. The summed E-state index contributed by atoms with van der Waals surface area (Å²) in [5, 5.41) is 9.48. The zero-order valence-electron chi connectivity index (χ0n) is 20.4. The van der Waals surface area contributed by atoms with Crippen LogP contribution in [0.5, 0.6) is 0 Å². The highest BCUT2D eigenvalue weighted by Crippen LogP contribution is 2.29. The highest BCUT2D eigenvalue weighted by Gasteiger charge is 2.08. The molecule has 186 valence electrons. The highest BCUT2D eigenvalue weighted by atomic mass is 79.9. The molecule has 0 saturated carbocycles. The number of aliphatic hydroxyl groups is 1. The molecule has 1 N–H and O–H groups in total. The summed E-state index contributed by atoms with van der Waals surface area (Å²) in [5.41, 5.74) is 7.78. The standard InChI is InChI=1S/C30H30Br2N2O2/c1-2-3-4-5-10-36-20-22-12-26(16-28(32)14-22)24-7-9-30(34-18-24)29-8-6-23(17-33-29)25-11-21(19-35)13-27(31)15-25/h6-9,11-18,35H,2-5,10,19-20H2,1H3. The Morgan fingerprint density at radius 2 is 1.28 bits per heavy atom. The highest BCUT2D eigenvalue weighted by molar-refractivity contribution is 9.10. The number of halogens is 2. The molecule has 2 heterocycles. The number of pyridine rings is 2. The summed E-state index contributed by atoms with van der Waals surface area (Å²) in [6.45, 7) is 3.63. The van der Waals surface area contributed by atoms with Gasteiger partial charge in [0.15, 0.2) is 0 Å². The molecular formula is C30H30Br2N2O2. The quantitative estimate of drug-likeness (QED) is 0.173. The number of ether oxygens (including phenoxy) is 1. The maximum atomic E-state index is 9.48. The molecule has 0 bridgehead atoms. The molecule has 0 aliphatic rings. The van der Waals surface area contributed by atoms with Crippen molar-refractivity contribution in [1.29, 1.82) is 0 Å². The third-order valence-corrected chi connectivity index (χ3v) is 6.88. The molecule has 0 fully saturated rings. The van der Waals surface area contributed by atoms with Gasteiger partial charge >= 0.3 is 0 Å². The normalized spacial score (nSPS) is 11.1. The van der Waals surface area contributed by atoms with Gasteiger partial charge in [0.25, 0.3) is 0 Å². The van der Waals surface area contributed by atoms with E-state index in [0.717, 1.165) is 66.7 Å². The van der Waals surface area contributed by atoms with Crippen molar-refractivity contribution in [3.05, 3.63) is 93.1 Å². The minimum atomic E-state index is -0.000227. The molecule has 0 saturated heterocycles. The summed E-state index contributed by atoms with van der Waals surface area (Å²) in [7, 11) is 0. The molecule has 0 aliphatic heterocycles. The largest absolute Gasteiger partial charge is 0.392 e. The van der Waals surface area contributed by atoms with Crippen LogP contribution >= 0.6 is 31.9 Å². The molecule has 2 aromatic heterocycles. The number of nitrogens with zero attached hydrogens (tertiary/aromatic N) is 2. The van der Waals surface area contributed by atoms with Crippen molar-refractivity contribution in [2.75, 3.05) is 6.61 Å². The first-order valence-electron chi connectivity index (χ1n) is 12.3. The van der Waals surface area contributed by atoms with Crippen LogP contribution in [0, 0.1) is 0 Å². The van der Waals surface area contributed by atoms with Crippen molar-refractivity contribution in [2.24, 2.45) is 0 Å². The Morgan fingerprint density at radius 3 is 1.81 bits per heavy atom. The molecule has 0 aliphatic carbocycles. The number of aliphatic hydroxyl groups excluding tert-OH is 1. The van der Waals surface area contributed by atoms with Gasteiger partial charge in [0.2, 0.25) is 0 Å². The van der Waals surface area contributed by atoms with Gasteiger partial charge in [0.05, 0.1) is 24.6 Å². The third kappa shape index (κ3) is 7.32. The van der Waals surface area contributed by atoms with E-state index in [1.807, 2.05) is 48.8 Å². The van der Waals surface area contributed by atoms with E-state index in [9.17, 15) is 5.11 Å². The Kier molecular flexibility index (Phi) is 9.82. The van der Waals surface area contributed by atoms with Crippen molar-refractivity contribution >= 4 is 31.9 Å². The number of benzene rings is 2. The molecule has 0 amide bonds. The Hall–Kier alpha value is -2.38. The Bertz CT molecular complexity index is 1280. The van der Waals surface area contributed by atoms with E-state index in [-0.39, 0.29) is 6.61 Å². The van der Waals surface area contributed by atoms with E-state index in [2.05, 4.69) is 73.0 Å². The fourth-order valence-corrected chi connectivity index (χ4v) is 5.14. The van der Waals surface area contributed by atoms with Crippen LogP contribution in [-0.4, -0.2) is 21.7 Å². The van der Waals surface area contributed by atoms with Crippen LogP contribution in [0.1, 0.15) is 43.7 Å². The Balaban J connectivity index is 1.45. The van der Waals surface area contributed by atoms with Gasteiger partial charge in [-0.05, 0) is 77.2 Å². The maximum Gasteiger partial charge on any atom is 0.0886 e. The van der Waals surface area contributed by atoms with E-state index in [1.165, 1.54) is 19.3 Å². The van der Waals surface area contributed by atoms with E-state index in [0.29, 0.717) is 6.61 Å². The van der Waals surface area contributed by atoms with Crippen molar-refractivity contribution in [3.8, 4) is 33.6 Å². The lowest BCUT2D eigenvalue weighted by molar-refractivity contribution is 0.117. The average Bonchev–Trinajstić information content (AvgIpc) is 2.90. The van der Waals surface area contributed by atoms with Gasteiger partial charge in [-0.2, -0.15) is 0 Å².